The number of Topliss-reactive ketones (excluding diaryl/α,β-unsaturated/α-hetero) is 1. The van der Waals surface area contributed by atoms with Gasteiger partial charge in [0.2, 0.25) is 0 Å². The van der Waals surface area contributed by atoms with Gasteiger partial charge in [0.05, 0.1) is 10.8 Å². The first kappa shape index (κ1) is 25.0. The van der Waals surface area contributed by atoms with Gasteiger partial charge in [0.15, 0.2) is 20.4 Å². The summed E-state index contributed by atoms with van der Waals surface area (Å²) in [5.74, 6) is -1.46. The van der Waals surface area contributed by atoms with Crippen molar-refractivity contribution < 1.29 is 17.6 Å². The van der Waals surface area contributed by atoms with Crippen LogP contribution in [0, 0.1) is 12.7 Å². The summed E-state index contributed by atoms with van der Waals surface area (Å²) >= 11 is 5.83. The first-order valence-corrected chi connectivity index (χ1v) is 13.0. The number of hydrogen-bond acceptors (Lipinski definition) is 6. The van der Waals surface area contributed by atoms with E-state index >= 15 is 4.39 Å². The molecule has 0 unspecified atom stereocenters. The minimum atomic E-state index is -3.91. The predicted octanol–water partition coefficient (Wildman–Crippen LogP) is 4.52. The van der Waals surface area contributed by atoms with Crippen LogP contribution in [-0.4, -0.2) is 30.8 Å². The number of aryl methyl sites for hydroxylation is 1. The highest BCUT2D eigenvalue weighted by Crippen LogP contribution is 2.43. The van der Waals surface area contributed by atoms with Crippen molar-refractivity contribution in [3.8, 4) is 0 Å². The van der Waals surface area contributed by atoms with E-state index in [1.165, 1.54) is 44.3 Å². The lowest BCUT2D eigenvalue weighted by molar-refractivity contribution is 0.0988. The molecule has 182 valence electrons. The number of sulfone groups is 1. The number of halogens is 2. The highest BCUT2D eigenvalue weighted by Gasteiger charge is 2.53. The van der Waals surface area contributed by atoms with Crippen molar-refractivity contribution in [1.82, 2.24) is 4.98 Å². The Bertz CT molecular complexity index is 1460. The Morgan fingerprint density at radius 1 is 1.14 bits per heavy atom. The number of nitrogens with two attached hydrogens (primary N) is 1. The van der Waals surface area contributed by atoms with E-state index in [9.17, 15) is 13.2 Å². The number of aliphatic imine (C=N–C) groups is 1. The molecule has 0 amide bonds. The van der Waals surface area contributed by atoms with Gasteiger partial charge in [-0.05, 0) is 56.2 Å². The average molecular weight is 514 g/mol. The highest BCUT2D eigenvalue weighted by atomic mass is 35.5. The van der Waals surface area contributed by atoms with E-state index in [-0.39, 0.29) is 29.3 Å². The molecule has 0 spiro atoms. The molecule has 35 heavy (non-hydrogen) atoms. The van der Waals surface area contributed by atoms with Gasteiger partial charge in [-0.3, -0.25) is 14.8 Å². The number of pyridine rings is 1. The summed E-state index contributed by atoms with van der Waals surface area (Å²) in [4.78, 5) is 21.2. The van der Waals surface area contributed by atoms with E-state index in [0.717, 1.165) is 5.56 Å². The maximum Gasteiger partial charge on any atom is 0.185 e. The fourth-order valence-corrected chi connectivity index (χ4v) is 6.61. The zero-order valence-electron chi connectivity index (χ0n) is 19.5. The first-order chi connectivity index (χ1) is 16.4. The lowest BCUT2D eigenvalue weighted by Crippen LogP contribution is -2.54. The minimum absolute atomic E-state index is 0.0506. The SMILES string of the molecule is Cc1cccc([C@@]2(C)C(N)=N[C@](C)(c3cc(CC(=O)c4ccc(Cl)cn4)ccc3F)CS2(=O)=O)c1. The third-order valence-corrected chi connectivity index (χ3v) is 9.36. The normalized spacial score (nSPS) is 23.5. The van der Waals surface area contributed by atoms with Gasteiger partial charge in [0, 0.05) is 18.2 Å². The lowest BCUT2D eigenvalue weighted by atomic mass is 9.89. The van der Waals surface area contributed by atoms with Crippen molar-refractivity contribution in [1.29, 1.82) is 0 Å². The summed E-state index contributed by atoms with van der Waals surface area (Å²) in [5.41, 5.74) is 7.04. The molecule has 0 fully saturated rings. The van der Waals surface area contributed by atoms with Crippen molar-refractivity contribution >= 4 is 33.1 Å². The molecule has 9 heteroatoms. The Kier molecular flexibility index (Phi) is 6.32. The monoisotopic (exact) mass is 513 g/mol. The summed E-state index contributed by atoms with van der Waals surface area (Å²) in [6.45, 7) is 4.93. The van der Waals surface area contributed by atoms with E-state index in [2.05, 4.69) is 9.98 Å². The molecule has 2 heterocycles. The third-order valence-electron chi connectivity index (χ3n) is 6.51. The number of hydrogen-bond donors (Lipinski definition) is 1. The summed E-state index contributed by atoms with van der Waals surface area (Å²) in [5, 5.41) is 0.408. The molecule has 2 atom stereocenters. The fraction of sp³-hybridized carbons (Fsp3) is 0.269. The van der Waals surface area contributed by atoms with Crippen LogP contribution in [0.1, 0.15) is 46.6 Å². The number of nitrogens with zero attached hydrogens (tertiary/aromatic N) is 2. The van der Waals surface area contributed by atoms with Crippen molar-refractivity contribution in [2.45, 2.75) is 37.5 Å². The molecular formula is C26H25ClFN3O3S. The quantitative estimate of drug-likeness (QED) is 0.505. The van der Waals surface area contributed by atoms with E-state index < -0.39 is 31.7 Å². The van der Waals surface area contributed by atoms with Crippen molar-refractivity contribution in [3.63, 3.8) is 0 Å². The van der Waals surface area contributed by atoms with Gasteiger partial charge < -0.3 is 5.73 Å². The van der Waals surface area contributed by atoms with E-state index in [1.807, 2.05) is 13.0 Å². The van der Waals surface area contributed by atoms with Crippen LogP contribution < -0.4 is 5.73 Å². The molecule has 1 aliphatic heterocycles. The lowest BCUT2D eigenvalue weighted by Gasteiger charge is -2.40. The maximum absolute atomic E-state index is 15.0. The summed E-state index contributed by atoms with van der Waals surface area (Å²) in [6.07, 6.45) is 1.33. The topological polar surface area (TPSA) is 102 Å². The Morgan fingerprint density at radius 2 is 1.89 bits per heavy atom. The van der Waals surface area contributed by atoms with E-state index in [4.69, 9.17) is 17.3 Å². The molecule has 0 saturated heterocycles. The van der Waals surface area contributed by atoms with Crippen molar-refractivity contribution in [2.24, 2.45) is 10.7 Å². The number of carbonyl (C=O) groups is 1. The highest BCUT2D eigenvalue weighted by molar-refractivity contribution is 7.93. The van der Waals surface area contributed by atoms with E-state index in [1.54, 1.807) is 24.3 Å². The fourth-order valence-electron chi connectivity index (χ4n) is 4.40. The molecule has 4 rings (SSSR count). The van der Waals surface area contributed by atoms with Crippen LogP contribution >= 0.6 is 11.6 Å². The van der Waals surface area contributed by atoms with Crippen LogP contribution in [0.3, 0.4) is 0 Å². The molecule has 0 saturated carbocycles. The summed E-state index contributed by atoms with van der Waals surface area (Å²) in [7, 11) is -3.91. The number of carbonyl (C=O) groups excluding carboxylic acids is 1. The van der Waals surface area contributed by atoms with Crippen LogP contribution in [0.2, 0.25) is 5.02 Å². The first-order valence-electron chi connectivity index (χ1n) is 10.9. The van der Waals surface area contributed by atoms with Crippen LogP contribution in [0.25, 0.3) is 0 Å². The molecule has 2 aromatic carbocycles. The number of aromatic nitrogens is 1. The Labute approximate surface area is 209 Å². The molecule has 2 N–H and O–H groups in total. The average Bonchev–Trinajstić information content (AvgIpc) is 2.78. The van der Waals surface area contributed by atoms with Gasteiger partial charge in [-0.25, -0.2) is 12.8 Å². The Hall–Kier alpha value is -3.10. The van der Waals surface area contributed by atoms with Crippen molar-refractivity contribution in [3.05, 3.63) is 99.6 Å². The van der Waals surface area contributed by atoms with Gasteiger partial charge in [-0.15, -0.1) is 0 Å². The van der Waals surface area contributed by atoms with Crippen LogP contribution in [-0.2, 0) is 26.5 Å². The molecule has 0 bridgehead atoms. The van der Waals surface area contributed by atoms with Gasteiger partial charge in [-0.1, -0.05) is 47.5 Å². The number of benzene rings is 2. The number of rotatable bonds is 5. The number of ketones is 1. The Morgan fingerprint density at radius 3 is 2.51 bits per heavy atom. The second-order valence-corrected chi connectivity index (χ2v) is 12.0. The maximum atomic E-state index is 15.0. The third kappa shape index (κ3) is 4.48. The minimum Gasteiger partial charge on any atom is -0.386 e. The predicted molar refractivity (Wildman–Crippen MR) is 135 cm³/mol. The molecule has 3 aromatic rings. The standard InChI is InChI=1S/C26H25ClFN3O3S/c1-16-5-4-6-18(11-16)26(3)24(29)31-25(2,15-35(26,33)34)20-12-17(7-9-21(20)28)13-23(32)22-10-8-19(27)14-30-22/h4-12,14H,13,15H2,1-3H3,(H2,29,31)/t25-,26-/m0/s1. The van der Waals surface area contributed by atoms with Crippen molar-refractivity contribution in [2.75, 3.05) is 5.75 Å². The van der Waals surface area contributed by atoms with Crippen LogP contribution in [0.5, 0.6) is 0 Å². The van der Waals surface area contributed by atoms with Crippen LogP contribution in [0.15, 0.2) is 65.8 Å². The smallest absolute Gasteiger partial charge is 0.185 e. The second kappa shape index (κ2) is 8.84. The molecule has 6 nitrogen and oxygen atoms in total. The van der Waals surface area contributed by atoms with Gasteiger partial charge >= 0.3 is 0 Å². The zero-order chi connectivity index (χ0) is 25.6. The molecular weight excluding hydrogens is 489 g/mol. The van der Waals surface area contributed by atoms with Gasteiger partial charge in [0.25, 0.3) is 0 Å². The summed E-state index contributed by atoms with van der Waals surface area (Å²) < 4.78 is 40.8. The van der Waals surface area contributed by atoms with E-state index in [0.29, 0.717) is 16.1 Å². The zero-order valence-corrected chi connectivity index (χ0v) is 21.1. The van der Waals surface area contributed by atoms with Gasteiger partial charge in [-0.2, -0.15) is 0 Å². The summed E-state index contributed by atoms with van der Waals surface area (Å²) in [6, 6.07) is 14.3. The molecule has 0 aliphatic carbocycles. The largest absolute Gasteiger partial charge is 0.386 e. The van der Waals surface area contributed by atoms with Crippen LogP contribution in [0.4, 0.5) is 4.39 Å². The molecule has 0 radical (unpaired) electrons. The Balaban J connectivity index is 1.74. The molecule has 1 aliphatic rings. The second-order valence-electron chi connectivity index (χ2n) is 9.21. The molecule has 1 aromatic heterocycles. The van der Waals surface area contributed by atoms with Gasteiger partial charge in [0.1, 0.15) is 22.9 Å². The number of amidine groups is 1.